The molecule has 3 aromatic heterocycles. The molecule has 2 N–H and O–H groups in total. The van der Waals surface area contributed by atoms with Crippen LogP contribution in [0.3, 0.4) is 0 Å². The van der Waals surface area contributed by atoms with Crippen LogP contribution < -0.4 is 10.0 Å². The largest absolute Gasteiger partial charge is 0.346 e. The zero-order valence-electron chi connectivity index (χ0n) is 36.3. The SMILES string of the molecule is CC(C)(CCc1ccc(-c2ccc(Cl)c3c(NS(=O)(=O)CC4CC4)nn(CC(F)F)c23)c([C@H](Cc2cc(F)cc(F)c2)NC(=O)Cn2nc(C(F)F)c3c2C(F)(F)[C@@H]2C=C[C@H]32)n1)S(=O)(=O)C1CC1. The summed E-state index contributed by atoms with van der Waals surface area (Å²) >= 11 is 6.70. The molecule has 0 radical (unpaired) electrons. The maximum atomic E-state index is 15.8. The number of benzene rings is 2. The predicted molar refractivity (Wildman–Crippen MR) is 236 cm³/mol. The Bertz CT molecular complexity index is 3080. The van der Waals surface area contributed by atoms with Gasteiger partial charge >= 0.3 is 0 Å². The number of hydrogen-bond acceptors (Lipinski definition) is 8. The summed E-state index contributed by atoms with van der Waals surface area (Å²) in [5, 5.41) is 10.0. The van der Waals surface area contributed by atoms with Crippen LogP contribution in [0.15, 0.2) is 54.6 Å². The van der Waals surface area contributed by atoms with Crippen molar-refractivity contribution < 1.29 is 56.8 Å². The third kappa shape index (κ3) is 9.11. The van der Waals surface area contributed by atoms with Gasteiger partial charge in [0.2, 0.25) is 15.9 Å². The fourth-order valence-electron chi connectivity index (χ4n) is 9.29. The molecule has 0 unspecified atom stereocenters. The second-order valence-electron chi connectivity index (χ2n) is 18.6. The predicted octanol–water partition coefficient (Wildman–Crippen LogP) is 9.34. The molecule has 12 nitrogen and oxygen atoms in total. The highest BCUT2D eigenvalue weighted by Gasteiger charge is 2.60. The van der Waals surface area contributed by atoms with Crippen LogP contribution in [0.4, 0.5) is 40.9 Å². The topological polar surface area (TPSA) is 158 Å². The first-order valence-corrected chi connectivity index (χ1v) is 25.4. The van der Waals surface area contributed by atoms with Gasteiger partial charge in [-0.1, -0.05) is 35.9 Å². The third-order valence-corrected chi connectivity index (χ3v) is 17.9. The van der Waals surface area contributed by atoms with Gasteiger partial charge in [-0.05, 0) is 94.5 Å². The third-order valence-electron chi connectivity index (χ3n) is 13.1. The van der Waals surface area contributed by atoms with Gasteiger partial charge in [0.05, 0.1) is 49.3 Å². The number of aromatic nitrogens is 5. The van der Waals surface area contributed by atoms with Crippen molar-refractivity contribution in [1.29, 1.82) is 0 Å². The molecule has 9 rings (SSSR count). The number of halogens is 9. The molecular formula is C45H44ClF8N7O5S2. The van der Waals surface area contributed by atoms with Crippen LogP contribution in [-0.4, -0.2) is 69.5 Å². The van der Waals surface area contributed by atoms with Crippen molar-refractivity contribution in [1.82, 2.24) is 29.9 Å². The number of carbonyl (C=O) groups is 1. The molecule has 0 saturated heterocycles. The molecule has 3 heterocycles. The molecule has 68 heavy (non-hydrogen) atoms. The minimum atomic E-state index is -4.06. The van der Waals surface area contributed by atoms with Gasteiger partial charge in [0.25, 0.3) is 18.8 Å². The minimum Gasteiger partial charge on any atom is -0.346 e. The summed E-state index contributed by atoms with van der Waals surface area (Å²) in [4.78, 5) is 19.2. The average molecular weight is 1010 g/mol. The van der Waals surface area contributed by atoms with Gasteiger partial charge in [-0.15, -0.1) is 0 Å². The highest BCUT2D eigenvalue weighted by atomic mass is 35.5. The number of rotatable bonds is 19. The molecule has 2 fully saturated rings. The van der Waals surface area contributed by atoms with Gasteiger partial charge in [0.1, 0.15) is 36.1 Å². The number of nitrogens with one attached hydrogen (secondary N) is 2. The van der Waals surface area contributed by atoms with E-state index in [1.165, 1.54) is 36.4 Å². The van der Waals surface area contributed by atoms with Crippen molar-refractivity contribution in [3.05, 3.63) is 105 Å². The van der Waals surface area contributed by atoms with Crippen molar-refractivity contribution in [2.75, 3.05) is 10.5 Å². The number of allylic oxidation sites excluding steroid dienone is 2. The lowest BCUT2D eigenvalue weighted by Gasteiger charge is -2.27. The van der Waals surface area contributed by atoms with Gasteiger partial charge in [0, 0.05) is 34.4 Å². The van der Waals surface area contributed by atoms with Crippen molar-refractivity contribution in [2.45, 2.75) is 113 Å². The van der Waals surface area contributed by atoms with E-state index in [-0.39, 0.29) is 79.9 Å². The molecule has 5 aromatic rings. The van der Waals surface area contributed by atoms with E-state index in [2.05, 4.69) is 20.2 Å². The monoisotopic (exact) mass is 1010 g/mol. The van der Waals surface area contributed by atoms with Crippen LogP contribution in [0.5, 0.6) is 0 Å². The Labute approximate surface area is 390 Å². The molecule has 4 aliphatic rings. The number of sulfonamides is 1. The number of carbonyl (C=O) groups excluding carboxylic acids is 1. The number of pyridine rings is 1. The Morgan fingerprint density at radius 3 is 2.22 bits per heavy atom. The maximum Gasteiger partial charge on any atom is 0.296 e. The first-order valence-electron chi connectivity index (χ1n) is 21.8. The normalized spacial score (nSPS) is 19.4. The molecular weight excluding hydrogens is 970 g/mol. The molecule has 2 aromatic carbocycles. The Morgan fingerprint density at radius 1 is 0.912 bits per heavy atom. The van der Waals surface area contributed by atoms with E-state index in [9.17, 15) is 48.0 Å². The number of aryl methyl sites for hydroxylation is 1. The van der Waals surface area contributed by atoms with Crippen LogP contribution in [0.25, 0.3) is 22.0 Å². The number of hydrogen-bond donors (Lipinski definition) is 2. The maximum absolute atomic E-state index is 15.8. The number of alkyl halides is 6. The minimum absolute atomic E-state index is 0.0229. The van der Waals surface area contributed by atoms with E-state index < -0.39 is 115 Å². The smallest absolute Gasteiger partial charge is 0.296 e. The molecule has 4 aliphatic carbocycles. The van der Waals surface area contributed by atoms with E-state index in [1.54, 1.807) is 13.8 Å². The first-order chi connectivity index (χ1) is 31.9. The summed E-state index contributed by atoms with van der Waals surface area (Å²) < 4.78 is 174. The second-order valence-corrected chi connectivity index (χ2v) is 23.6. The molecule has 0 aliphatic heterocycles. The van der Waals surface area contributed by atoms with Crippen molar-refractivity contribution in [3.63, 3.8) is 0 Å². The number of anilines is 1. The van der Waals surface area contributed by atoms with Crippen LogP contribution in [0, 0.1) is 23.5 Å². The van der Waals surface area contributed by atoms with Crippen LogP contribution in [0.2, 0.25) is 5.02 Å². The Hall–Kier alpha value is -5.09. The summed E-state index contributed by atoms with van der Waals surface area (Å²) in [6.45, 7) is 1.08. The second kappa shape index (κ2) is 17.4. The Morgan fingerprint density at radius 2 is 1.60 bits per heavy atom. The summed E-state index contributed by atoms with van der Waals surface area (Å²) in [5.41, 5.74) is -2.03. The van der Waals surface area contributed by atoms with Crippen LogP contribution in [-0.2, 0) is 56.5 Å². The van der Waals surface area contributed by atoms with Gasteiger partial charge in [-0.3, -0.25) is 23.9 Å². The van der Waals surface area contributed by atoms with Crippen molar-refractivity contribution in [3.8, 4) is 11.1 Å². The van der Waals surface area contributed by atoms with Gasteiger partial charge in [0.15, 0.2) is 15.7 Å². The van der Waals surface area contributed by atoms with Crippen LogP contribution >= 0.6 is 11.6 Å². The Balaban J connectivity index is 1.19. The van der Waals surface area contributed by atoms with Crippen molar-refractivity contribution in [2.24, 2.45) is 11.8 Å². The summed E-state index contributed by atoms with van der Waals surface area (Å²) in [5.74, 6) is -9.97. The molecule has 23 heteroatoms. The standard InChI is InChI=1S/C45H44ClF8N7O5S2/c1-44(2,68(65,66)27-6-7-27)14-13-26-5-8-28(29-10-12-32(46)37-40(29)60(19-34(49)50)58-43(37)59-67(63,64)21-22-3-4-22)38(55-26)33(17-23-15-24(47)18-25(48)16-23)56-35(62)20-61-41-36(39(57-61)42(51)52)30-9-11-31(30)45(41,53)54/h5,8-12,15-16,18,22,27,30-31,33-34,42H,3-4,6-7,13-14,17,19-21H2,1-2H3,(H,56,62)(H,58,59)/t30-,31+,33-/m0/s1. The van der Waals surface area contributed by atoms with E-state index in [4.69, 9.17) is 16.6 Å². The lowest BCUT2D eigenvalue weighted by Crippen LogP contribution is -2.36. The zero-order chi connectivity index (χ0) is 48.8. The molecule has 2 saturated carbocycles. The van der Waals surface area contributed by atoms with Gasteiger partial charge < -0.3 is 5.32 Å². The van der Waals surface area contributed by atoms with E-state index in [0.29, 0.717) is 36.4 Å². The molecule has 0 bridgehead atoms. The molecule has 0 spiro atoms. The molecule has 364 valence electrons. The van der Waals surface area contributed by atoms with E-state index in [1.807, 2.05) is 0 Å². The highest BCUT2D eigenvalue weighted by molar-refractivity contribution is 7.93. The number of fused-ring (bicyclic) bond motifs is 4. The molecule has 3 atom stereocenters. The lowest BCUT2D eigenvalue weighted by molar-refractivity contribution is -0.123. The van der Waals surface area contributed by atoms with E-state index in [0.717, 1.165) is 16.8 Å². The number of amides is 1. The summed E-state index contributed by atoms with van der Waals surface area (Å²) in [6.07, 6.45) is -1.74. The lowest BCUT2D eigenvalue weighted by atomic mass is 9.81. The van der Waals surface area contributed by atoms with Gasteiger partial charge in [-0.2, -0.15) is 19.0 Å². The number of nitrogens with zero attached hydrogens (tertiary/aromatic N) is 5. The van der Waals surface area contributed by atoms with Crippen molar-refractivity contribution >= 4 is 54.1 Å². The fraction of sp³-hybridized carbons (Fsp3) is 0.467. The summed E-state index contributed by atoms with van der Waals surface area (Å²) in [6, 6.07) is 6.83. The first kappa shape index (κ1) is 48.0. The molecule has 1 amide bonds. The average Bonchev–Trinajstić information content (AvgIpc) is 4.15. The highest BCUT2D eigenvalue weighted by Crippen LogP contribution is 2.60. The number of sulfone groups is 1. The Kier molecular flexibility index (Phi) is 12.3. The van der Waals surface area contributed by atoms with Gasteiger partial charge in [-0.25, -0.2) is 43.2 Å². The van der Waals surface area contributed by atoms with Crippen LogP contribution in [0.1, 0.15) is 98.2 Å². The summed E-state index contributed by atoms with van der Waals surface area (Å²) in [7, 11) is -7.65. The quantitative estimate of drug-likeness (QED) is 0.0612. The van der Waals surface area contributed by atoms with E-state index >= 15 is 8.78 Å². The zero-order valence-corrected chi connectivity index (χ0v) is 38.7. The fourth-order valence-corrected chi connectivity index (χ4v) is 13.0.